The topological polar surface area (TPSA) is 57.6 Å². The maximum atomic E-state index is 13.7. The Balaban J connectivity index is 2.06. The number of carboxylic acid groups (broad SMARTS) is 1. The summed E-state index contributed by atoms with van der Waals surface area (Å²) >= 11 is 6.04. The van der Waals surface area contributed by atoms with E-state index in [2.05, 4.69) is 13.8 Å². The standard InChI is InChI=1S/C28H30ClNO3/c1-3-9-23(10-4-2)30(27(31)20-15-17-22(29)18-16-20)19-21-11-5-6-12-24(21)25-13-7-8-14-26(25)28(32)33/h5-8,11-18,23H,3-4,9-10,19H2,1-2H3,(H,32,33). The number of carboxylic acids is 1. The first-order valence-corrected chi connectivity index (χ1v) is 11.8. The molecule has 3 aromatic rings. The largest absolute Gasteiger partial charge is 0.478 e. The van der Waals surface area contributed by atoms with Gasteiger partial charge in [0.15, 0.2) is 0 Å². The van der Waals surface area contributed by atoms with Gasteiger partial charge in [-0.1, -0.05) is 80.8 Å². The second-order valence-electron chi connectivity index (χ2n) is 8.18. The van der Waals surface area contributed by atoms with E-state index < -0.39 is 5.97 Å². The first-order chi connectivity index (χ1) is 16.0. The number of benzene rings is 3. The van der Waals surface area contributed by atoms with Gasteiger partial charge in [0.05, 0.1) is 5.56 Å². The molecular weight excluding hydrogens is 434 g/mol. The highest BCUT2D eigenvalue weighted by molar-refractivity contribution is 6.30. The molecule has 0 fully saturated rings. The van der Waals surface area contributed by atoms with Crippen LogP contribution in [-0.2, 0) is 6.54 Å². The Morgan fingerprint density at radius 2 is 1.42 bits per heavy atom. The Morgan fingerprint density at radius 1 is 0.848 bits per heavy atom. The van der Waals surface area contributed by atoms with Gasteiger partial charge >= 0.3 is 5.97 Å². The van der Waals surface area contributed by atoms with Crippen LogP contribution in [0.3, 0.4) is 0 Å². The van der Waals surface area contributed by atoms with E-state index in [0.717, 1.165) is 36.8 Å². The van der Waals surface area contributed by atoms with Gasteiger partial charge in [0.2, 0.25) is 0 Å². The summed E-state index contributed by atoms with van der Waals surface area (Å²) in [4.78, 5) is 27.5. The predicted octanol–water partition coefficient (Wildman–Crippen LogP) is 7.32. The van der Waals surface area contributed by atoms with E-state index in [1.807, 2.05) is 41.3 Å². The van der Waals surface area contributed by atoms with E-state index in [9.17, 15) is 14.7 Å². The molecule has 0 aliphatic heterocycles. The number of amides is 1. The molecule has 172 valence electrons. The molecule has 3 rings (SSSR count). The lowest BCUT2D eigenvalue weighted by atomic mass is 9.94. The maximum Gasteiger partial charge on any atom is 0.336 e. The van der Waals surface area contributed by atoms with Gasteiger partial charge in [0, 0.05) is 23.2 Å². The molecule has 0 saturated heterocycles. The van der Waals surface area contributed by atoms with Crippen molar-refractivity contribution in [2.75, 3.05) is 0 Å². The van der Waals surface area contributed by atoms with Gasteiger partial charge in [0.1, 0.15) is 0 Å². The first-order valence-electron chi connectivity index (χ1n) is 11.4. The maximum absolute atomic E-state index is 13.7. The summed E-state index contributed by atoms with van der Waals surface area (Å²) in [5.41, 5.74) is 3.25. The van der Waals surface area contributed by atoms with E-state index >= 15 is 0 Å². The van der Waals surface area contributed by atoms with Crippen molar-refractivity contribution in [1.29, 1.82) is 0 Å². The van der Waals surface area contributed by atoms with Crippen molar-refractivity contribution < 1.29 is 14.7 Å². The van der Waals surface area contributed by atoms with Gasteiger partial charge in [-0.2, -0.15) is 0 Å². The molecule has 1 amide bonds. The average Bonchev–Trinajstić information content (AvgIpc) is 2.83. The molecule has 5 heteroatoms. The van der Waals surface area contributed by atoms with Crippen molar-refractivity contribution in [2.45, 2.75) is 52.1 Å². The summed E-state index contributed by atoms with van der Waals surface area (Å²) in [6.07, 6.45) is 3.75. The van der Waals surface area contributed by atoms with Crippen LogP contribution in [-0.4, -0.2) is 27.9 Å². The first kappa shape index (κ1) is 24.5. The van der Waals surface area contributed by atoms with Crippen molar-refractivity contribution in [3.05, 3.63) is 94.5 Å². The molecular formula is C28H30ClNO3. The van der Waals surface area contributed by atoms with E-state index in [4.69, 9.17) is 11.6 Å². The Bertz CT molecular complexity index is 1090. The number of rotatable bonds is 10. The fourth-order valence-corrected chi connectivity index (χ4v) is 4.38. The quantitative estimate of drug-likeness (QED) is 0.342. The van der Waals surface area contributed by atoms with E-state index in [-0.39, 0.29) is 17.5 Å². The van der Waals surface area contributed by atoms with E-state index in [1.54, 1.807) is 36.4 Å². The fraction of sp³-hybridized carbons (Fsp3) is 0.286. The van der Waals surface area contributed by atoms with E-state index in [1.165, 1.54) is 0 Å². The third-order valence-corrected chi connectivity index (χ3v) is 6.09. The molecule has 3 aromatic carbocycles. The van der Waals surface area contributed by atoms with Gasteiger partial charge in [-0.25, -0.2) is 4.79 Å². The van der Waals surface area contributed by atoms with E-state index in [0.29, 0.717) is 22.7 Å². The SMILES string of the molecule is CCCC(CCC)N(Cc1ccccc1-c1ccccc1C(=O)O)C(=O)c1ccc(Cl)cc1. The van der Waals surface area contributed by atoms with Crippen LogP contribution in [0.25, 0.3) is 11.1 Å². The van der Waals surface area contributed by atoms with Crippen LogP contribution >= 0.6 is 11.6 Å². The minimum Gasteiger partial charge on any atom is -0.478 e. The Labute approximate surface area is 200 Å². The Morgan fingerprint density at radius 3 is 2.03 bits per heavy atom. The number of nitrogens with zero attached hydrogens (tertiary/aromatic N) is 1. The summed E-state index contributed by atoms with van der Waals surface area (Å²) < 4.78 is 0. The van der Waals surface area contributed by atoms with Crippen molar-refractivity contribution in [1.82, 2.24) is 4.90 Å². The smallest absolute Gasteiger partial charge is 0.336 e. The number of hydrogen-bond donors (Lipinski definition) is 1. The summed E-state index contributed by atoms with van der Waals surface area (Å²) in [6, 6.07) is 21.8. The van der Waals surface area contributed by atoms with Gasteiger partial charge in [0.25, 0.3) is 5.91 Å². The summed E-state index contributed by atoms with van der Waals surface area (Å²) in [5, 5.41) is 10.3. The zero-order chi connectivity index (χ0) is 23.8. The Hall–Kier alpha value is -3.11. The highest BCUT2D eigenvalue weighted by Crippen LogP contribution is 2.30. The second kappa shape index (κ2) is 11.7. The average molecular weight is 464 g/mol. The molecule has 0 heterocycles. The lowest BCUT2D eigenvalue weighted by Crippen LogP contribution is -2.40. The molecule has 0 aromatic heterocycles. The normalized spacial score (nSPS) is 10.9. The molecule has 0 aliphatic rings. The van der Waals surface area contributed by atoms with Gasteiger partial charge < -0.3 is 10.0 Å². The molecule has 0 saturated carbocycles. The summed E-state index contributed by atoms with van der Waals surface area (Å²) in [6.45, 7) is 4.66. The molecule has 0 bridgehead atoms. The lowest BCUT2D eigenvalue weighted by Gasteiger charge is -2.33. The highest BCUT2D eigenvalue weighted by Gasteiger charge is 2.25. The van der Waals surface area contributed by atoms with Crippen LogP contribution in [0.2, 0.25) is 5.02 Å². The zero-order valence-electron chi connectivity index (χ0n) is 19.1. The van der Waals surface area contributed by atoms with Gasteiger partial charge in [-0.15, -0.1) is 0 Å². The minimum absolute atomic E-state index is 0.0418. The molecule has 1 N–H and O–H groups in total. The minimum atomic E-state index is -0.968. The van der Waals surface area contributed by atoms with Crippen molar-refractivity contribution in [3.63, 3.8) is 0 Å². The van der Waals surface area contributed by atoms with Gasteiger partial charge in [-0.3, -0.25) is 4.79 Å². The van der Waals surface area contributed by atoms with Crippen LogP contribution in [0.15, 0.2) is 72.8 Å². The zero-order valence-corrected chi connectivity index (χ0v) is 19.9. The Kier molecular flexibility index (Phi) is 8.67. The number of halogens is 1. The van der Waals surface area contributed by atoms with Crippen molar-refractivity contribution >= 4 is 23.5 Å². The van der Waals surface area contributed by atoms with Crippen LogP contribution in [0.5, 0.6) is 0 Å². The van der Waals surface area contributed by atoms with Crippen LogP contribution < -0.4 is 0 Å². The molecule has 0 spiro atoms. The van der Waals surface area contributed by atoms with Gasteiger partial charge in [-0.05, 0) is 59.9 Å². The van der Waals surface area contributed by atoms with Crippen LogP contribution in [0.4, 0.5) is 0 Å². The molecule has 0 atom stereocenters. The monoisotopic (exact) mass is 463 g/mol. The number of hydrogen-bond acceptors (Lipinski definition) is 2. The fourth-order valence-electron chi connectivity index (χ4n) is 4.26. The summed E-state index contributed by atoms with van der Waals surface area (Å²) in [5.74, 6) is -1.01. The van der Waals surface area contributed by atoms with Crippen LogP contribution in [0, 0.1) is 0 Å². The molecule has 33 heavy (non-hydrogen) atoms. The number of aromatic carboxylic acids is 1. The second-order valence-corrected chi connectivity index (χ2v) is 8.62. The third kappa shape index (κ3) is 6.02. The number of carbonyl (C=O) groups is 2. The van der Waals surface area contributed by atoms with Crippen molar-refractivity contribution in [3.8, 4) is 11.1 Å². The molecule has 4 nitrogen and oxygen atoms in total. The lowest BCUT2D eigenvalue weighted by molar-refractivity contribution is 0.0636. The predicted molar refractivity (Wildman–Crippen MR) is 134 cm³/mol. The number of carbonyl (C=O) groups excluding carboxylic acids is 1. The summed E-state index contributed by atoms with van der Waals surface area (Å²) in [7, 11) is 0. The van der Waals surface area contributed by atoms with Crippen molar-refractivity contribution in [2.24, 2.45) is 0 Å². The van der Waals surface area contributed by atoms with Crippen LogP contribution in [0.1, 0.15) is 65.8 Å². The molecule has 0 radical (unpaired) electrons. The third-order valence-electron chi connectivity index (χ3n) is 5.84. The molecule has 0 unspecified atom stereocenters. The highest BCUT2D eigenvalue weighted by atomic mass is 35.5. The molecule has 0 aliphatic carbocycles.